The molecule has 4 rings (SSSR count). The molecule has 47 heavy (non-hydrogen) atoms. The van der Waals surface area contributed by atoms with Crippen LogP contribution in [0, 0.1) is 6.92 Å². The molecule has 1 saturated heterocycles. The van der Waals surface area contributed by atoms with Gasteiger partial charge in [0.2, 0.25) is 0 Å². The molecule has 0 radical (unpaired) electrons. The van der Waals surface area contributed by atoms with Gasteiger partial charge in [-0.2, -0.15) is 0 Å². The van der Waals surface area contributed by atoms with Gasteiger partial charge in [0.25, 0.3) is 5.91 Å². The Kier molecular flexibility index (Phi) is 13.9. The third-order valence-corrected chi connectivity index (χ3v) is 8.77. The molecule has 9 heteroatoms. The first-order valence-electron chi connectivity index (χ1n) is 17.1. The van der Waals surface area contributed by atoms with Crippen molar-refractivity contribution in [1.29, 1.82) is 0 Å². The Balaban J connectivity index is 1.25. The van der Waals surface area contributed by atoms with Gasteiger partial charge >= 0.3 is 6.03 Å². The first kappa shape index (κ1) is 35.8. The van der Waals surface area contributed by atoms with Gasteiger partial charge in [-0.05, 0) is 112 Å². The Bertz CT molecular complexity index is 1430. The van der Waals surface area contributed by atoms with Crippen molar-refractivity contribution in [1.82, 2.24) is 10.2 Å². The number of urea groups is 1. The molecule has 0 atom stereocenters. The highest BCUT2D eigenvalue weighted by molar-refractivity contribution is 6.04. The van der Waals surface area contributed by atoms with E-state index in [9.17, 15) is 9.59 Å². The number of benzene rings is 3. The number of carbonyl (C=O) groups is 2. The van der Waals surface area contributed by atoms with Crippen LogP contribution < -0.4 is 25.4 Å². The maximum atomic E-state index is 13.0. The van der Waals surface area contributed by atoms with E-state index in [0.717, 1.165) is 50.8 Å². The summed E-state index contributed by atoms with van der Waals surface area (Å²) in [6.45, 7) is 12.5. The number of nitrogens with zero attached hydrogens (tertiary/aromatic N) is 1. The Morgan fingerprint density at radius 3 is 2.28 bits per heavy atom. The summed E-state index contributed by atoms with van der Waals surface area (Å²) in [6.07, 6.45) is 7.64. The predicted octanol–water partition coefficient (Wildman–Crippen LogP) is 8.18. The van der Waals surface area contributed by atoms with Gasteiger partial charge in [-0.15, -0.1) is 0 Å². The number of unbranched alkanes of at least 4 members (excludes halogenated alkanes) is 1. The van der Waals surface area contributed by atoms with Crippen LogP contribution in [0.25, 0.3) is 0 Å². The summed E-state index contributed by atoms with van der Waals surface area (Å²) in [6, 6.07) is 18.1. The van der Waals surface area contributed by atoms with Crippen LogP contribution in [0.1, 0.15) is 80.8 Å². The maximum absolute atomic E-state index is 13.0. The van der Waals surface area contributed by atoms with Crippen LogP contribution in [0.15, 0.2) is 60.7 Å². The maximum Gasteiger partial charge on any atom is 0.319 e. The average Bonchev–Trinajstić information content (AvgIpc) is 3.08. The van der Waals surface area contributed by atoms with E-state index >= 15 is 0 Å². The molecule has 0 bridgehead atoms. The van der Waals surface area contributed by atoms with Gasteiger partial charge in [0.1, 0.15) is 5.75 Å². The lowest BCUT2D eigenvalue weighted by atomic mass is 10.0. The molecule has 0 aliphatic carbocycles. The number of ether oxygens (including phenoxy) is 3. The van der Waals surface area contributed by atoms with E-state index in [1.165, 1.54) is 24.9 Å². The number of rotatable bonds is 16. The molecule has 1 fully saturated rings. The summed E-state index contributed by atoms with van der Waals surface area (Å²) in [5.74, 6) is 1.40. The van der Waals surface area contributed by atoms with Crippen LogP contribution in [-0.4, -0.2) is 62.3 Å². The zero-order chi connectivity index (χ0) is 33.6. The van der Waals surface area contributed by atoms with Crippen LogP contribution in [0.2, 0.25) is 0 Å². The Labute approximate surface area is 280 Å². The van der Waals surface area contributed by atoms with Gasteiger partial charge in [0.05, 0.1) is 19.8 Å². The standard InChI is InChI=1S/C38H52N4O5/c1-6-9-21-42-22-18-33(19-23-42)46-24-20-28-10-11-29(25-27(28)4)37(43)39-31-12-15-34(16-13-31)47-35-17-14-32(26-36(35)45-5)41-38(44)40-30(7-2)8-3/h10-17,25-26,30,33H,6-9,18-24H2,1-5H3,(H,39,43)(H2,40,41,44). The fraction of sp³-hybridized carbons (Fsp3) is 0.474. The van der Waals surface area contributed by atoms with Crippen molar-refractivity contribution in [2.75, 3.05) is 44.0 Å². The molecule has 0 unspecified atom stereocenters. The van der Waals surface area contributed by atoms with Crippen molar-refractivity contribution in [3.05, 3.63) is 77.4 Å². The van der Waals surface area contributed by atoms with Crippen LogP contribution in [0.4, 0.5) is 16.2 Å². The normalized spacial score (nSPS) is 13.7. The number of carbonyl (C=O) groups excluding carboxylic acids is 2. The molecule has 3 aromatic carbocycles. The number of piperidine rings is 1. The highest BCUT2D eigenvalue weighted by Gasteiger charge is 2.19. The molecule has 1 aliphatic heterocycles. The van der Waals surface area contributed by atoms with Gasteiger partial charge in [-0.3, -0.25) is 4.79 Å². The number of aryl methyl sites for hydroxylation is 1. The molecule has 9 nitrogen and oxygen atoms in total. The van der Waals surface area contributed by atoms with E-state index in [1.807, 2.05) is 39.0 Å². The number of methoxy groups -OCH3 is 1. The number of likely N-dealkylation sites (tertiary alicyclic amines) is 1. The van der Waals surface area contributed by atoms with Crippen molar-refractivity contribution in [3.63, 3.8) is 0 Å². The van der Waals surface area contributed by atoms with Crippen molar-refractivity contribution in [3.8, 4) is 17.2 Å². The summed E-state index contributed by atoms with van der Waals surface area (Å²) in [5.41, 5.74) is 4.15. The quantitative estimate of drug-likeness (QED) is 0.145. The molecular formula is C38H52N4O5. The number of hydrogen-bond acceptors (Lipinski definition) is 6. The number of amides is 3. The SMILES string of the molecule is CCCCN1CCC(OCCc2ccc(C(=O)Nc3ccc(Oc4ccc(NC(=O)NC(CC)CC)cc4OC)cc3)cc2C)CC1. The van der Waals surface area contributed by atoms with Gasteiger partial charge < -0.3 is 35.1 Å². The number of anilines is 2. The molecule has 3 amide bonds. The smallest absolute Gasteiger partial charge is 0.319 e. The number of nitrogens with one attached hydrogen (secondary N) is 3. The highest BCUT2D eigenvalue weighted by Crippen LogP contribution is 2.34. The molecule has 0 aromatic heterocycles. The third kappa shape index (κ3) is 11.0. The predicted molar refractivity (Wildman–Crippen MR) is 189 cm³/mol. The molecule has 1 aliphatic rings. The van der Waals surface area contributed by atoms with E-state index in [4.69, 9.17) is 14.2 Å². The van der Waals surface area contributed by atoms with Crippen molar-refractivity contribution in [2.24, 2.45) is 0 Å². The zero-order valence-electron chi connectivity index (χ0n) is 28.7. The monoisotopic (exact) mass is 644 g/mol. The first-order chi connectivity index (χ1) is 22.8. The summed E-state index contributed by atoms with van der Waals surface area (Å²) >= 11 is 0. The Hall–Kier alpha value is -4.08. The minimum absolute atomic E-state index is 0.126. The minimum atomic E-state index is -0.257. The summed E-state index contributed by atoms with van der Waals surface area (Å²) in [4.78, 5) is 27.9. The zero-order valence-corrected chi connectivity index (χ0v) is 28.7. The van der Waals surface area contributed by atoms with Crippen LogP contribution >= 0.6 is 0 Å². The summed E-state index contributed by atoms with van der Waals surface area (Å²) < 4.78 is 17.8. The van der Waals surface area contributed by atoms with Gasteiger partial charge in [0.15, 0.2) is 11.5 Å². The topological polar surface area (TPSA) is 101 Å². The lowest BCUT2D eigenvalue weighted by Gasteiger charge is -2.31. The van der Waals surface area contributed by atoms with E-state index in [1.54, 1.807) is 49.6 Å². The van der Waals surface area contributed by atoms with E-state index < -0.39 is 0 Å². The second-order valence-corrected chi connectivity index (χ2v) is 12.2. The molecule has 254 valence electrons. The van der Waals surface area contributed by atoms with Gasteiger partial charge in [-0.25, -0.2) is 4.79 Å². The molecule has 3 N–H and O–H groups in total. The van der Waals surface area contributed by atoms with E-state index in [-0.39, 0.29) is 18.0 Å². The highest BCUT2D eigenvalue weighted by atomic mass is 16.5. The molecule has 1 heterocycles. The molecular weight excluding hydrogens is 592 g/mol. The van der Waals surface area contributed by atoms with Crippen molar-refractivity contribution < 1.29 is 23.8 Å². The fourth-order valence-electron chi connectivity index (χ4n) is 5.75. The Morgan fingerprint density at radius 2 is 1.62 bits per heavy atom. The second kappa shape index (κ2) is 18.3. The second-order valence-electron chi connectivity index (χ2n) is 12.2. The third-order valence-electron chi connectivity index (χ3n) is 8.77. The molecule has 3 aromatic rings. The minimum Gasteiger partial charge on any atom is -0.493 e. The summed E-state index contributed by atoms with van der Waals surface area (Å²) in [5, 5.41) is 8.78. The lowest BCUT2D eigenvalue weighted by molar-refractivity contribution is 0.00884. The first-order valence-corrected chi connectivity index (χ1v) is 17.1. The molecule has 0 saturated carbocycles. The lowest BCUT2D eigenvalue weighted by Crippen LogP contribution is -2.37. The molecule has 0 spiro atoms. The van der Waals surface area contributed by atoms with E-state index in [0.29, 0.717) is 46.9 Å². The van der Waals surface area contributed by atoms with Gasteiger partial charge in [0, 0.05) is 42.1 Å². The van der Waals surface area contributed by atoms with Crippen molar-refractivity contribution in [2.45, 2.75) is 84.8 Å². The van der Waals surface area contributed by atoms with Crippen LogP contribution in [0.5, 0.6) is 17.2 Å². The van der Waals surface area contributed by atoms with Crippen LogP contribution in [0.3, 0.4) is 0 Å². The van der Waals surface area contributed by atoms with Gasteiger partial charge in [-0.1, -0.05) is 33.3 Å². The largest absolute Gasteiger partial charge is 0.493 e. The average molecular weight is 645 g/mol. The fourth-order valence-corrected chi connectivity index (χ4v) is 5.75. The van der Waals surface area contributed by atoms with Crippen LogP contribution in [-0.2, 0) is 11.2 Å². The Morgan fingerprint density at radius 1 is 0.894 bits per heavy atom. The summed E-state index contributed by atoms with van der Waals surface area (Å²) in [7, 11) is 1.55. The number of hydrogen-bond donors (Lipinski definition) is 3. The van der Waals surface area contributed by atoms with E-state index in [2.05, 4.69) is 27.8 Å². The van der Waals surface area contributed by atoms with Crippen molar-refractivity contribution >= 4 is 23.3 Å².